The molecule has 2 atom stereocenters. The largest absolute Gasteiger partial charge is 0.434 e. The van der Waals surface area contributed by atoms with E-state index in [1.54, 1.807) is 17.7 Å². The number of fused-ring (bicyclic) bond motifs is 9. The van der Waals surface area contributed by atoms with Crippen LogP contribution in [0.15, 0.2) is 42.5 Å². The third-order valence-electron chi connectivity index (χ3n) is 7.14. The van der Waals surface area contributed by atoms with E-state index in [4.69, 9.17) is 4.74 Å². The second-order valence-electron chi connectivity index (χ2n) is 9.80. The lowest BCUT2D eigenvalue weighted by atomic mass is 9.98. The highest BCUT2D eigenvalue weighted by Gasteiger charge is 2.45. The van der Waals surface area contributed by atoms with E-state index in [1.165, 1.54) is 48.6 Å². The molecule has 12 heteroatoms. The van der Waals surface area contributed by atoms with Crippen LogP contribution in [-0.2, 0) is 4.57 Å². The number of alkyl halides is 2. The van der Waals surface area contributed by atoms with Gasteiger partial charge in [0.05, 0.1) is 12.1 Å². The number of halogens is 4. The van der Waals surface area contributed by atoms with Gasteiger partial charge in [-0.2, -0.15) is 8.78 Å². The number of imidazole rings is 1. The molecule has 0 radical (unpaired) electrons. The summed E-state index contributed by atoms with van der Waals surface area (Å²) in [6, 6.07) is 8.32. The van der Waals surface area contributed by atoms with Crippen molar-refractivity contribution in [1.82, 2.24) is 19.4 Å². The smallest absolute Gasteiger partial charge is 0.387 e. The summed E-state index contributed by atoms with van der Waals surface area (Å²) in [4.78, 5) is 23.8. The maximum Gasteiger partial charge on any atom is 0.387 e. The quantitative estimate of drug-likeness (QED) is 0.256. The Balaban J connectivity index is 1.57. The number of ether oxygens (including phenoxy) is 1. The zero-order chi connectivity index (χ0) is 27.1. The average Bonchev–Trinajstić information content (AvgIpc) is 3.34. The monoisotopic (exact) mass is 544 g/mol. The van der Waals surface area contributed by atoms with Crippen LogP contribution in [0.25, 0.3) is 22.4 Å². The molecule has 2 aliphatic heterocycles. The van der Waals surface area contributed by atoms with Gasteiger partial charge in [0.2, 0.25) is 0 Å². The summed E-state index contributed by atoms with van der Waals surface area (Å²) in [6.07, 6.45) is 0.330. The van der Waals surface area contributed by atoms with Crippen molar-refractivity contribution in [3.05, 3.63) is 71.1 Å². The summed E-state index contributed by atoms with van der Waals surface area (Å²) in [5.74, 6) is -1.55. The summed E-state index contributed by atoms with van der Waals surface area (Å²) >= 11 is 0. The maximum absolute atomic E-state index is 15.2. The van der Waals surface area contributed by atoms with E-state index < -0.39 is 37.5 Å². The summed E-state index contributed by atoms with van der Waals surface area (Å²) < 4.78 is 75.5. The van der Waals surface area contributed by atoms with Gasteiger partial charge in [0.1, 0.15) is 35.7 Å². The Hall–Kier alpha value is -3.72. The van der Waals surface area contributed by atoms with Crippen LogP contribution in [0.3, 0.4) is 0 Å². The molecule has 4 aromatic rings. The number of carbonyl (C=O) groups is 1. The Morgan fingerprint density at radius 2 is 1.82 bits per heavy atom. The van der Waals surface area contributed by atoms with Crippen LogP contribution in [-0.4, -0.2) is 52.3 Å². The van der Waals surface area contributed by atoms with Crippen molar-refractivity contribution in [2.24, 2.45) is 0 Å². The van der Waals surface area contributed by atoms with E-state index >= 15 is 4.39 Å². The highest BCUT2D eigenvalue weighted by molar-refractivity contribution is 7.70. The molecule has 0 saturated carbocycles. The van der Waals surface area contributed by atoms with E-state index in [-0.39, 0.29) is 50.5 Å². The molecule has 0 unspecified atom stereocenters. The third kappa shape index (κ3) is 3.63. The van der Waals surface area contributed by atoms with Crippen LogP contribution in [0.1, 0.15) is 40.3 Å². The van der Waals surface area contributed by atoms with Crippen molar-refractivity contribution in [1.29, 1.82) is 0 Å². The van der Waals surface area contributed by atoms with Gasteiger partial charge < -0.3 is 18.8 Å². The van der Waals surface area contributed by atoms with E-state index in [0.29, 0.717) is 12.2 Å². The molecule has 7 nitrogen and oxygen atoms in total. The summed E-state index contributed by atoms with van der Waals surface area (Å²) in [5.41, 5.74) is 0.946. The molecule has 0 fully saturated rings. The zero-order valence-corrected chi connectivity index (χ0v) is 21.3. The van der Waals surface area contributed by atoms with Crippen molar-refractivity contribution < 1.29 is 31.7 Å². The molecule has 0 saturated heterocycles. The fourth-order valence-corrected chi connectivity index (χ4v) is 6.47. The van der Waals surface area contributed by atoms with Crippen LogP contribution in [0.5, 0.6) is 5.75 Å². The minimum atomic E-state index is -3.10. The number of pyridine rings is 1. The molecule has 0 aliphatic carbocycles. The topological polar surface area (TPSA) is 77.3 Å². The fourth-order valence-electron chi connectivity index (χ4n) is 5.46. The molecular weight excluding hydrogens is 523 g/mol. The predicted octanol–water partition coefficient (Wildman–Crippen LogP) is 5.35. The molecule has 2 aliphatic rings. The van der Waals surface area contributed by atoms with E-state index in [1.807, 2.05) is 0 Å². The van der Waals surface area contributed by atoms with Crippen molar-refractivity contribution in [3.8, 4) is 17.0 Å². The average molecular weight is 544 g/mol. The molecule has 2 bridgehead atoms. The first-order valence-corrected chi connectivity index (χ1v) is 14.3. The second-order valence-corrected chi connectivity index (χ2v) is 13.0. The Morgan fingerprint density at radius 3 is 2.50 bits per heavy atom. The molecule has 6 rings (SSSR count). The molecular formula is C26H21F4N4O3P. The van der Waals surface area contributed by atoms with Crippen LogP contribution in [0.2, 0.25) is 0 Å². The van der Waals surface area contributed by atoms with Gasteiger partial charge in [-0.15, -0.1) is 0 Å². The lowest BCUT2D eigenvalue weighted by Gasteiger charge is -2.24. The minimum absolute atomic E-state index is 0.0499. The lowest BCUT2D eigenvalue weighted by molar-refractivity contribution is -0.0507. The van der Waals surface area contributed by atoms with Gasteiger partial charge in [0.25, 0.3) is 5.91 Å². The number of amides is 1. The van der Waals surface area contributed by atoms with Crippen molar-refractivity contribution in [2.75, 3.05) is 20.4 Å². The Kier molecular flexibility index (Phi) is 5.43. The second kappa shape index (κ2) is 8.39. The van der Waals surface area contributed by atoms with Gasteiger partial charge in [-0.1, -0.05) is 12.1 Å². The third-order valence-corrected chi connectivity index (χ3v) is 8.66. The highest BCUT2D eigenvalue weighted by atomic mass is 31.2. The van der Waals surface area contributed by atoms with Crippen LogP contribution < -0.4 is 10.0 Å². The molecule has 1 amide bonds. The van der Waals surface area contributed by atoms with Crippen LogP contribution in [0, 0.1) is 11.6 Å². The molecule has 0 N–H and O–H groups in total. The summed E-state index contributed by atoms with van der Waals surface area (Å²) in [7, 11) is -1.30. The number of carbonyl (C=O) groups excluding carboxylic acids is 1. The van der Waals surface area contributed by atoms with Gasteiger partial charge in [0, 0.05) is 41.5 Å². The van der Waals surface area contributed by atoms with Crippen molar-refractivity contribution >= 4 is 29.5 Å². The maximum atomic E-state index is 15.2. The molecule has 2 aromatic carbocycles. The van der Waals surface area contributed by atoms with Gasteiger partial charge >= 0.3 is 6.61 Å². The Bertz CT molecular complexity index is 1700. The van der Waals surface area contributed by atoms with Gasteiger partial charge in [-0.25, -0.2) is 18.7 Å². The summed E-state index contributed by atoms with van der Waals surface area (Å²) in [5, 5.41) is 0.0499. The standard InChI is InChI=1S/C26H21F4N4O3P/c1-33-18-11-17(21-13(25(33)35)5-4-6-19(21)37-26(29)30)34-23-16(31-24(18)34)10-15(28)22(32-23)12-7-8-20(14(27)9-12)38(2,3)36/h4-10,17-18,26H,11H2,1-3H3/t17-,18-/m1/s1. The molecule has 2 aromatic heterocycles. The first-order valence-electron chi connectivity index (χ1n) is 11.7. The molecule has 196 valence electrons. The van der Waals surface area contributed by atoms with Crippen LogP contribution >= 0.6 is 7.14 Å². The molecule has 4 heterocycles. The molecule has 0 spiro atoms. The van der Waals surface area contributed by atoms with E-state index in [0.717, 1.165) is 6.07 Å². The van der Waals surface area contributed by atoms with Gasteiger partial charge in [-0.3, -0.25) is 4.79 Å². The van der Waals surface area contributed by atoms with E-state index in [2.05, 4.69) is 9.97 Å². The Labute approximate surface area is 214 Å². The van der Waals surface area contributed by atoms with E-state index in [9.17, 15) is 22.5 Å². The number of nitrogens with zero attached hydrogens (tertiary/aromatic N) is 4. The SMILES string of the molecule is CN1C(=O)c2cccc(OC(F)F)c2[C@H]2C[C@@H]1c1nc3cc(F)c(-c4ccc(P(C)(C)=O)c(F)c4)nc3n12. The highest BCUT2D eigenvalue weighted by Crippen LogP contribution is 2.50. The summed E-state index contributed by atoms with van der Waals surface area (Å²) in [6.45, 7) is -0.220. The minimum Gasteiger partial charge on any atom is -0.434 e. The number of rotatable bonds is 4. The Morgan fingerprint density at radius 1 is 1.05 bits per heavy atom. The number of hydrogen-bond donors (Lipinski definition) is 0. The number of aromatic nitrogens is 3. The van der Waals surface area contributed by atoms with Crippen LogP contribution in [0.4, 0.5) is 17.6 Å². The molecule has 38 heavy (non-hydrogen) atoms. The normalized spacial score (nSPS) is 18.6. The lowest BCUT2D eigenvalue weighted by Crippen LogP contribution is -2.30. The predicted molar refractivity (Wildman–Crippen MR) is 133 cm³/mol. The zero-order valence-electron chi connectivity index (χ0n) is 20.5. The van der Waals surface area contributed by atoms with Gasteiger partial charge in [-0.05, 0) is 37.6 Å². The first-order chi connectivity index (χ1) is 18.0. The fraction of sp³-hybridized carbons (Fsp3) is 0.269. The van der Waals surface area contributed by atoms with Gasteiger partial charge in [0.15, 0.2) is 11.5 Å². The number of hydrogen-bond acceptors (Lipinski definition) is 5. The van der Waals surface area contributed by atoms with Crippen molar-refractivity contribution in [2.45, 2.75) is 25.1 Å². The van der Waals surface area contributed by atoms with Crippen molar-refractivity contribution in [3.63, 3.8) is 0 Å². The number of benzene rings is 2. The first kappa shape index (κ1) is 24.6.